The zero-order valence-corrected chi connectivity index (χ0v) is 11.6. The molecule has 20 heavy (non-hydrogen) atoms. The SMILES string of the molecule is NC1N=c2ccccc2=NC1(N)Cc1ccccc1Cl. The first-order valence-electron chi connectivity index (χ1n) is 6.39. The van der Waals surface area contributed by atoms with Crippen molar-refractivity contribution in [2.24, 2.45) is 21.5 Å². The third-order valence-electron chi connectivity index (χ3n) is 3.43. The van der Waals surface area contributed by atoms with E-state index in [0.29, 0.717) is 11.4 Å². The lowest BCUT2D eigenvalue weighted by molar-refractivity contribution is 0.339. The fourth-order valence-corrected chi connectivity index (χ4v) is 2.51. The second-order valence-electron chi connectivity index (χ2n) is 4.93. The molecule has 1 aliphatic heterocycles. The van der Waals surface area contributed by atoms with Crippen LogP contribution in [-0.2, 0) is 6.42 Å². The number of benzene rings is 2. The predicted molar refractivity (Wildman–Crippen MR) is 78.8 cm³/mol. The Morgan fingerprint density at radius 1 is 1.05 bits per heavy atom. The number of fused-ring (bicyclic) bond motifs is 1. The van der Waals surface area contributed by atoms with Crippen molar-refractivity contribution in [3.63, 3.8) is 0 Å². The van der Waals surface area contributed by atoms with Crippen molar-refractivity contribution in [3.05, 3.63) is 69.8 Å². The Morgan fingerprint density at radius 2 is 1.70 bits per heavy atom. The monoisotopic (exact) mass is 286 g/mol. The zero-order valence-electron chi connectivity index (χ0n) is 10.8. The summed E-state index contributed by atoms with van der Waals surface area (Å²) in [5, 5.41) is 2.21. The van der Waals surface area contributed by atoms with E-state index in [1.807, 2.05) is 48.5 Å². The standard InChI is InChI=1S/C15H15ClN4/c16-11-6-2-1-5-10(11)9-15(18)14(17)19-12-7-3-4-8-13(12)20-15/h1-8,14H,9,17-18H2. The molecule has 2 atom stereocenters. The Morgan fingerprint density at radius 3 is 2.45 bits per heavy atom. The molecule has 5 heteroatoms. The molecule has 0 amide bonds. The van der Waals surface area contributed by atoms with Gasteiger partial charge in [0.2, 0.25) is 0 Å². The van der Waals surface area contributed by atoms with E-state index in [-0.39, 0.29) is 0 Å². The summed E-state index contributed by atoms with van der Waals surface area (Å²) in [7, 11) is 0. The smallest absolute Gasteiger partial charge is 0.148 e. The van der Waals surface area contributed by atoms with E-state index in [4.69, 9.17) is 23.1 Å². The molecular formula is C15H15ClN4. The van der Waals surface area contributed by atoms with Crippen molar-refractivity contribution in [1.82, 2.24) is 0 Å². The topological polar surface area (TPSA) is 76.8 Å². The summed E-state index contributed by atoms with van der Waals surface area (Å²) in [5.41, 5.74) is 12.4. The van der Waals surface area contributed by atoms with Gasteiger partial charge in [0.25, 0.3) is 0 Å². The van der Waals surface area contributed by atoms with Gasteiger partial charge in [0, 0.05) is 11.4 Å². The van der Waals surface area contributed by atoms with Gasteiger partial charge >= 0.3 is 0 Å². The van der Waals surface area contributed by atoms with Crippen LogP contribution in [0.4, 0.5) is 0 Å². The van der Waals surface area contributed by atoms with Crippen LogP contribution in [0.3, 0.4) is 0 Å². The summed E-state index contributed by atoms with van der Waals surface area (Å²) in [4.78, 5) is 9.04. The van der Waals surface area contributed by atoms with Crippen molar-refractivity contribution < 1.29 is 0 Å². The van der Waals surface area contributed by atoms with E-state index >= 15 is 0 Å². The Labute approximate surface area is 121 Å². The minimum Gasteiger partial charge on any atom is -0.307 e. The third-order valence-corrected chi connectivity index (χ3v) is 3.80. The number of halogens is 1. The maximum Gasteiger partial charge on any atom is 0.148 e. The lowest BCUT2D eigenvalue weighted by atomic mass is 9.97. The molecule has 1 aliphatic rings. The van der Waals surface area contributed by atoms with E-state index in [9.17, 15) is 0 Å². The molecule has 2 aromatic rings. The molecule has 0 saturated carbocycles. The summed E-state index contributed by atoms with van der Waals surface area (Å²) in [5.74, 6) is 0. The molecule has 0 fully saturated rings. The van der Waals surface area contributed by atoms with Crippen LogP contribution in [0.15, 0.2) is 58.5 Å². The summed E-state index contributed by atoms with van der Waals surface area (Å²) in [6.45, 7) is 0. The first-order valence-corrected chi connectivity index (χ1v) is 6.77. The van der Waals surface area contributed by atoms with Gasteiger partial charge < -0.3 is 11.5 Å². The van der Waals surface area contributed by atoms with Gasteiger partial charge in [-0.2, -0.15) is 0 Å². The number of nitrogens with zero attached hydrogens (tertiary/aromatic N) is 2. The largest absolute Gasteiger partial charge is 0.307 e. The van der Waals surface area contributed by atoms with E-state index in [2.05, 4.69) is 9.98 Å². The van der Waals surface area contributed by atoms with E-state index in [0.717, 1.165) is 16.3 Å². The molecular weight excluding hydrogens is 272 g/mol. The molecule has 0 bridgehead atoms. The average Bonchev–Trinajstić information content (AvgIpc) is 2.43. The Hall–Kier alpha value is -1.75. The zero-order chi connectivity index (χ0) is 14.2. The molecule has 102 valence electrons. The summed E-state index contributed by atoms with van der Waals surface area (Å²) < 4.78 is 0. The first kappa shape index (κ1) is 13.2. The summed E-state index contributed by atoms with van der Waals surface area (Å²) in [6.07, 6.45) is -0.139. The highest BCUT2D eigenvalue weighted by Gasteiger charge is 2.34. The number of nitrogens with two attached hydrogens (primary N) is 2. The van der Waals surface area contributed by atoms with Crippen LogP contribution in [0.1, 0.15) is 5.56 Å². The molecule has 2 aromatic carbocycles. The fraction of sp³-hybridized carbons (Fsp3) is 0.200. The third kappa shape index (κ3) is 2.33. The maximum absolute atomic E-state index is 6.37. The van der Waals surface area contributed by atoms with Gasteiger partial charge in [-0.1, -0.05) is 41.9 Å². The Bertz CT molecular complexity index is 758. The van der Waals surface area contributed by atoms with Gasteiger partial charge in [-0.25, -0.2) is 0 Å². The van der Waals surface area contributed by atoms with E-state index in [1.54, 1.807) is 0 Å². The van der Waals surface area contributed by atoms with Crippen LogP contribution in [-0.4, -0.2) is 11.8 Å². The molecule has 0 aliphatic carbocycles. The lowest BCUT2D eigenvalue weighted by Crippen LogP contribution is -2.59. The minimum atomic E-state index is -0.973. The van der Waals surface area contributed by atoms with Gasteiger partial charge in [0.05, 0.1) is 10.7 Å². The lowest BCUT2D eigenvalue weighted by Gasteiger charge is -2.31. The molecule has 4 N–H and O–H groups in total. The fourth-order valence-electron chi connectivity index (χ4n) is 2.31. The van der Waals surface area contributed by atoms with Crippen LogP contribution >= 0.6 is 11.6 Å². The van der Waals surface area contributed by atoms with Gasteiger partial charge in [-0.3, -0.25) is 9.98 Å². The minimum absolute atomic E-state index is 0.450. The molecule has 1 heterocycles. The van der Waals surface area contributed by atoms with Crippen LogP contribution in [0, 0.1) is 0 Å². The summed E-state index contributed by atoms with van der Waals surface area (Å²) in [6, 6.07) is 15.1. The molecule has 3 rings (SSSR count). The number of para-hydroxylation sites is 2. The van der Waals surface area contributed by atoms with Crippen molar-refractivity contribution >= 4 is 11.6 Å². The van der Waals surface area contributed by atoms with Crippen LogP contribution in [0.5, 0.6) is 0 Å². The Kier molecular flexibility index (Phi) is 3.30. The van der Waals surface area contributed by atoms with Crippen molar-refractivity contribution in [2.75, 3.05) is 0 Å². The van der Waals surface area contributed by atoms with E-state index in [1.165, 1.54) is 0 Å². The van der Waals surface area contributed by atoms with Gasteiger partial charge in [-0.15, -0.1) is 0 Å². The van der Waals surface area contributed by atoms with Crippen LogP contribution < -0.4 is 22.2 Å². The number of rotatable bonds is 2. The molecule has 0 spiro atoms. The molecule has 2 unspecified atom stereocenters. The highest BCUT2D eigenvalue weighted by atomic mass is 35.5. The first-order chi connectivity index (χ1) is 9.58. The normalized spacial score (nSPS) is 24.4. The highest BCUT2D eigenvalue weighted by Crippen LogP contribution is 2.22. The Balaban J connectivity index is 2.05. The quantitative estimate of drug-likeness (QED) is 0.856. The van der Waals surface area contributed by atoms with Crippen molar-refractivity contribution in [1.29, 1.82) is 0 Å². The van der Waals surface area contributed by atoms with Gasteiger partial charge in [-0.05, 0) is 23.8 Å². The maximum atomic E-state index is 6.37. The second kappa shape index (κ2) is 4.98. The summed E-state index contributed by atoms with van der Waals surface area (Å²) >= 11 is 6.18. The molecule has 0 saturated heterocycles. The van der Waals surface area contributed by atoms with Gasteiger partial charge in [0.15, 0.2) is 0 Å². The highest BCUT2D eigenvalue weighted by molar-refractivity contribution is 6.31. The predicted octanol–water partition coefficient (Wildman–Crippen LogP) is 0.775. The average molecular weight is 287 g/mol. The molecule has 4 nitrogen and oxygen atoms in total. The molecule has 0 aromatic heterocycles. The van der Waals surface area contributed by atoms with Crippen LogP contribution in [0.2, 0.25) is 5.02 Å². The second-order valence-corrected chi connectivity index (χ2v) is 5.34. The number of hydrogen-bond donors (Lipinski definition) is 2. The number of hydrogen-bond acceptors (Lipinski definition) is 4. The molecule has 0 radical (unpaired) electrons. The van der Waals surface area contributed by atoms with Crippen molar-refractivity contribution in [2.45, 2.75) is 18.2 Å². The van der Waals surface area contributed by atoms with Crippen molar-refractivity contribution in [3.8, 4) is 0 Å². The van der Waals surface area contributed by atoms with Crippen LogP contribution in [0.25, 0.3) is 0 Å². The van der Waals surface area contributed by atoms with E-state index < -0.39 is 11.8 Å². The van der Waals surface area contributed by atoms with Gasteiger partial charge in [0.1, 0.15) is 11.8 Å².